The molecule has 0 aliphatic rings. The van der Waals surface area contributed by atoms with Crippen molar-refractivity contribution < 1.29 is 9.13 Å². The first-order valence-corrected chi connectivity index (χ1v) is 6.13. The van der Waals surface area contributed by atoms with Gasteiger partial charge < -0.3 is 10.5 Å². The maximum absolute atomic E-state index is 13.8. The maximum atomic E-state index is 13.8. The van der Waals surface area contributed by atoms with Gasteiger partial charge in [-0.3, -0.25) is 0 Å². The fourth-order valence-corrected chi connectivity index (χ4v) is 1.70. The molecule has 0 aliphatic heterocycles. The molecule has 0 radical (unpaired) electrons. The minimum atomic E-state index is -0.450. The van der Waals surface area contributed by atoms with Crippen molar-refractivity contribution >= 4 is 0 Å². The molecular formula is C15H14FN3O. The second kappa shape index (κ2) is 6.13. The highest BCUT2D eigenvalue weighted by Crippen LogP contribution is 2.22. The van der Waals surface area contributed by atoms with Gasteiger partial charge in [-0.2, -0.15) is 5.26 Å². The Hall–Kier alpha value is -2.45. The van der Waals surface area contributed by atoms with Gasteiger partial charge in [-0.1, -0.05) is 6.07 Å². The van der Waals surface area contributed by atoms with E-state index in [1.54, 1.807) is 31.2 Å². The summed E-state index contributed by atoms with van der Waals surface area (Å²) in [6.45, 7) is 1.96. The lowest BCUT2D eigenvalue weighted by atomic mass is 10.1. The Labute approximate surface area is 116 Å². The van der Waals surface area contributed by atoms with E-state index in [-0.39, 0.29) is 18.4 Å². The molecular weight excluding hydrogens is 257 g/mol. The van der Waals surface area contributed by atoms with Crippen molar-refractivity contribution in [3.8, 4) is 11.8 Å². The van der Waals surface area contributed by atoms with Crippen molar-refractivity contribution in [2.45, 2.75) is 19.6 Å². The molecule has 5 heteroatoms. The number of hydrogen-bond donors (Lipinski definition) is 1. The van der Waals surface area contributed by atoms with Crippen LogP contribution < -0.4 is 10.5 Å². The predicted octanol–water partition coefficient (Wildman–Crippen LogP) is 2.69. The summed E-state index contributed by atoms with van der Waals surface area (Å²) < 4.78 is 19.2. The number of nitrogens with zero attached hydrogens (tertiary/aromatic N) is 2. The second-order valence-electron chi connectivity index (χ2n) is 4.43. The van der Waals surface area contributed by atoms with Crippen molar-refractivity contribution in [2.24, 2.45) is 5.73 Å². The summed E-state index contributed by atoms with van der Waals surface area (Å²) in [6.07, 6.45) is 1.52. The lowest BCUT2D eigenvalue weighted by Gasteiger charge is -2.10. The molecule has 1 atom stereocenters. The molecule has 0 spiro atoms. The van der Waals surface area contributed by atoms with Gasteiger partial charge in [-0.15, -0.1) is 0 Å². The highest BCUT2D eigenvalue weighted by atomic mass is 19.1. The van der Waals surface area contributed by atoms with E-state index in [2.05, 4.69) is 4.98 Å². The molecule has 2 rings (SSSR count). The molecule has 0 bridgehead atoms. The number of nitrogens with two attached hydrogens (primary N) is 1. The van der Waals surface area contributed by atoms with Gasteiger partial charge in [0.05, 0.1) is 0 Å². The van der Waals surface area contributed by atoms with E-state index in [0.29, 0.717) is 11.3 Å². The first kappa shape index (κ1) is 14.0. The Morgan fingerprint density at radius 2 is 2.20 bits per heavy atom. The summed E-state index contributed by atoms with van der Waals surface area (Å²) in [4.78, 5) is 3.86. The van der Waals surface area contributed by atoms with Crippen LogP contribution in [-0.4, -0.2) is 4.98 Å². The van der Waals surface area contributed by atoms with E-state index in [4.69, 9.17) is 15.7 Å². The molecule has 2 aromatic rings. The molecule has 0 saturated carbocycles. The van der Waals surface area contributed by atoms with Crippen LogP contribution in [0.5, 0.6) is 5.75 Å². The van der Waals surface area contributed by atoms with Crippen LogP contribution in [0, 0.1) is 17.1 Å². The van der Waals surface area contributed by atoms with Crippen molar-refractivity contribution in [1.29, 1.82) is 5.26 Å². The average molecular weight is 271 g/mol. The topological polar surface area (TPSA) is 71.9 Å². The normalized spacial score (nSPS) is 11.7. The van der Waals surface area contributed by atoms with E-state index in [1.807, 2.05) is 6.07 Å². The minimum Gasteiger partial charge on any atom is -0.486 e. The monoisotopic (exact) mass is 271 g/mol. The summed E-state index contributed by atoms with van der Waals surface area (Å²) in [5.41, 5.74) is 7.46. The van der Waals surface area contributed by atoms with Crippen molar-refractivity contribution in [3.05, 3.63) is 59.2 Å². The quantitative estimate of drug-likeness (QED) is 0.928. The van der Waals surface area contributed by atoms with Crippen molar-refractivity contribution in [2.75, 3.05) is 0 Å². The number of ether oxygens (including phenoxy) is 1. The van der Waals surface area contributed by atoms with Crippen LogP contribution in [0.25, 0.3) is 0 Å². The first-order valence-electron chi connectivity index (χ1n) is 6.13. The van der Waals surface area contributed by atoms with E-state index >= 15 is 0 Å². The summed E-state index contributed by atoms with van der Waals surface area (Å²) in [6, 6.07) is 9.70. The highest BCUT2D eigenvalue weighted by molar-refractivity contribution is 5.31. The Morgan fingerprint density at radius 3 is 2.85 bits per heavy atom. The van der Waals surface area contributed by atoms with Crippen LogP contribution in [0.4, 0.5) is 4.39 Å². The highest BCUT2D eigenvalue weighted by Gasteiger charge is 2.07. The minimum absolute atomic E-state index is 0.157. The standard InChI is InChI=1S/C15H14FN3O/c1-10(18)12-2-3-15(14(16)7-12)20-9-11-4-5-19-13(6-11)8-17/h2-7,10H,9,18H2,1H3/t10-/m1/s1. The number of halogens is 1. The van der Waals surface area contributed by atoms with E-state index in [0.717, 1.165) is 5.56 Å². The molecule has 102 valence electrons. The lowest BCUT2D eigenvalue weighted by molar-refractivity contribution is 0.290. The number of rotatable bonds is 4. The molecule has 0 fully saturated rings. The zero-order chi connectivity index (χ0) is 14.5. The zero-order valence-electron chi connectivity index (χ0n) is 11.0. The van der Waals surface area contributed by atoms with Crippen LogP contribution in [0.2, 0.25) is 0 Å². The van der Waals surface area contributed by atoms with E-state index in [1.165, 1.54) is 12.3 Å². The average Bonchev–Trinajstić information content (AvgIpc) is 2.46. The van der Waals surface area contributed by atoms with Gasteiger partial charge in [0, 0.05) is 12.2 Å². The first-order chi connectivity index (χ1) is 9.60. The van der Waals surface area contributed by atoms with Crippen LogP contribution in [0.3, 0.4) is 0 Å². The molecule has 20 heavy (non-hydrogen) atoms. The van der Waals surface area contributed by atoms with Gasteiger partial charge >= 0.3 is 0 Å². The van der Waals surface area contributed by atoms with Gasteiger partial charge in [0.1, 0.15) is 18.4 Å². The predicted molar refractivity (Wildman–Crippen MR) is 72.3 cm³/mol. The fraction of sp³-hybridized carbons (Fsp3) is 0.200. The third-order valence-electron chi connectivity index (χ3n) is 2.81. The van der Waals surface area contributed by atoms with Crippen LogP contribution in [0.15, 0.2) is 36.5 Å². The molecule has 1 heterocycles. The SMILES string of the molecule is C[C@@H](N)c1ccc(OCc2ccnc(C#N)c2)c(F)c1. The van der Waals surface area contributed by atoms with Crippen molar-refractivity contribution in [3.63, 3.8) is 0 Å². The molecule has 0 unspecified atom stereocenters. The number of pyridine rings is 1. The largest absolute Gasteiger partial charge is 0.486 e. The summed E-state index contributed by atoms with van der Waals surface area (Å²) in [5.74, 6) is -0.293. The van der Waals surface area contributed by atoms with Gasteiger partial charge in [0.15, 0.2) is 11.6 Å². The molecule has 0 aliphatic carbocycles. The molecule has 1 aromatic carbocycles. The lowest BCUT2D eigenvalue weighted by Crippen LogP contribution is -2.06. The van der Waals surface area contributed by atoms with Crippen LogP contribution >= 0.6 is 0 Å². The van der Waals surface area contributed by atoms with Gasteiger partial charge in [0.2, 0.25) is 0 Å². The van der Waals surface area contributed by atoms with Gasteiger partial charge in [-0.05, 0) is 42.3 Å². The number of hydrogen-bond acceptors (Lipinski definition) is 4. The molecule has 2 N–H and O–H groups in total. The third-order valence-corrected chi connectivity index (χ3v) is 2.81. The fourth-order valence-electron chi connectivity index (χ4n) is 1.70. The van der Waals surface area contributed by atoms with E-state index in [9.17, 15) is 4.39 Å². The van der Waals surface area contributed by atoms with Crippen LogP contribution in [0.1, 0.15) is 29.8 Å². The number of aromatic nitrogens is 1. The number of benzene rings is 1. The smallest absolute Gasteiger partial charge is 0.165 e. The maximum Gasteiger partial charge on any atom is 0.165 e. The molecule has 4 nitrogen and oxygen atoms in total. The summed E-state index contributed by atoms with van der Waals surface area (Å²) >= 11 is 0. The molecule has 0 amide bonds. The summed E-state index contributed by atoms with van der Waals surface area (Å²) in [5, 5.41) is 8.75. The van der Waals surface area contributed by atoms with Gasteiger partial charge in [-0.25, -0.2) is 9.37 Å². The van der Waals surface area contributed by atoms with E-state index < -0.39 is 5.82 Å². The Bertz CT molecular complexity index is 650. The van der Waals surface area contributed by atoms with Crippen molar-refractivity contribution in [1.82, 2.24) is 4.98 Å². The van der Waals surface area contributed by atoms with Crippen LogP contribution in [-0.2, 0) is 6.61 Å². The Morgan fingerprint density at radius 1 is 1.40 bits per heavy atom. The third kappa shape index (κ3) is 3.31. The summed E-state index contributed by atoms with van der Waals surface area (Å²) in [7, 11) is 0. The Balaban J connectivity index is 2.09. The number of nitriles is 1. The molecule has 1 aromatic heterocycles. The second-order valence-corrected chi connectivity index (χ2v) is 4.43. The Kier molecular flexibility index (Phi) is 4.28. The van der Waals surface area contributed by atoms with Gasteiger partial charge in [0.25, 0.3) is 0 Å². The molecule has 0 saturated heterocycles. The zero-order valence-corrected chi connectivity index (χ0v) is 11.0.